The van der Waals surface area contributed by atoms with Crippen molar-refractivity contribution < 1.29 is 14.3 Å². The first-order valence-electron chi connectivity index (χ1n) is 8.62. The summed E-state index contributed by atoms with van der Waals surface area (Å²) in [6.07, 6.45) is 4.12. The number of para-hydroxylation sites is 1. The number of rotatable bonds is 4. The van der Waals surface area contributed by atoms with Gasteiger partial charge >= 0.3 is 0 Å². The van der Waals surface area contributed by atoms with E-state index in [4.69, 9.17) is 9.47 Å². The standard InChI is InChI=1S/C19H22N2O3S/c1-19(2)10-12-6-4-8-14(17(12)24-19)23-11-16(22)21(3)18-20-13-7-5-9-15(13)25-18/h4,6,8H,5,7,9-11H2,1-3H3. The van der Waals surface area contributed by atoms with Gasteiger partial charge in [-0.25, -0.2) is 4.98 Å². The number of hydrogen-bond acceptors (Lipinski definition) is 5. The van der Waals surface area contributed by atoms with Crippen LogP contribution >= 0.6 is 11.3 Å². The SMILES string of the molecule is CN(C(=O)COc1cccc2c1OC(C)(C)C2)c1nc2c(s1)CCC2. The molecule has 2 aliphatic rings. The summed E-state index contributed by atoms with van der Waals surface area (Å²) in [7, 11) is 1.76. The number of hydrogen-bond donors (Lipinski definition) is 0. The van der Waals surface area contributed by atoms with Crippen LogP contribution in [0.5, 0.6) is 11.5 Å². The number of benzene rings is 1. The van der Waals surface area contributed by atoms with Crippen LogP contribution in [-0.2, 0) is 24.1 Å². The van der Waals surface area contributed by atoms with E-state index >= 15 is 0 Å². The van der Waals surface area contributed by atoms with Crippen molar-refractivity contribution in [2.75, 3.05) is 18.6 Å². The number of likely N-dealkylation sites (N-methyl/N-ethyl adjacent to an activating group) is 1. The zero-order valence-electron chi connectivity index (χ0n) is 14.8. The summed E-state index contributed by atoms with van der Waals surface area (Å²) < 4.78 is 11.8. The number of aromatic nitrogens is 1. The Kier molecular flexibility index (Phi) is 3.95. The van der Waals surface area contributed by atoms with Crippen LogP contribution in [0.2, 0.25) is 0 Å². The molecule has 0 radical (unpaired) electrons. The third-order valence-corrected chi connectivity index (χ3v) is 5.89. The molecule has 0 unspecified atom stereocenters. The van der Waals surface area contributed by atoms with Gasteiger partial charge in [0.2, 0.25) is 0 Å². The molecule has 0 spiro atoms. The van der Waals surface area contributed by atoms with Crippen LogP contribution in [0.3, 0.4) is 0 Å². The van der Waals surface area contributed by atoms with Crippen LogP contribution in [0, 0.1) is 0 Å². The second-order valence-electron chi connectivity index (χ2n) is 7.24. The number of carbonyl (C=O) groups is 1. The quantitative estimate of drug-likeness (QED) is 0.841. The molecule has 1 aliphatic heterocycles. The third-order valence-electron chi connectivity index (χ3n) is 4.65. The molecule has 25 heavy (non-hydrogen) atoms. The molecule has 1 aromatic heterocycles. The van der Waals surface area contributed by atoms with Gasteiger partial charge in [-0.15, -0.1) is 11.3 Å². The van der Waals surface area contributed by atoms with E-state index in [9.17, 15) is 4.79 Å². The highest BCUT2D eigenvalue weighted by Crippen LogP contribution is 2.41. The number of thiazole rings is 1. The van der Waals surface area contributed by atoms with Gasteiger partial charge in [0.25, 0.3) is 5.91 Å². The smallest absolute Gasteiger partial charge is 0.266 e. The van der Waals surface area contributed by atoms with Crippen LogP contribution in [0.25, 0.3) is 0 Å². The van der Waals surface area contributed by atoms with E-state index in [2.05, 4.69) is 18.8 Å². The molecule has 1 amide bonds. The fourth-order valence-electron chi connectivity index (χ4n) is 3.36. The van der Waals surface area contributed by atoms with Gasteiger partial charge in [0.1, 0.15) is 5.60 Å². The van der Waals surface area contributed by atoms with Crippen molar-refractivity contribution in [2.45, 2.75) is 45.1 Å². The van der Waals surface area contributed by atoms with E-state index in [-0.39, 0.29) is 18.1 Å². The Labute approximate surface area is 151 Å². The van der Waals surface area contributed by atoms with E-state index in [0.717, 1.165) is 41.4 Å². The van der Waals surface area contributed by atoms with E-state index in [0.29, 0.717) is 5.75 Å². The van der Waals surface area contributed by atoms with Gasteiger partial charge in [-0.05, 0) is 39.2 Å². The van der Waals surface area contributed by atoms with E-state index in [1.807, 2.05) is 18.2 Å². The summed E-state index contributed by atoms with van der Waals surface area (Å²) in [4.78, 5) is 20.0. The molecule has 0 N–H and O–H groups in total. The van der Waals surface area contributed by atoms with Crippen LogP contribution in [0.15, 0.2) is 18.2 Å². The monoisotopic (exact) mass is 358 g/mol. The van der Waals surface area contributed by atoms with Gasteiger partial charge < -0.3 is 9.47 Å². The molecule has 0 saturated heterocycles. The van der Waals surface area contributed by atoms with Gasteiger partial charge in [-0.2, -0.15) is 0 Å². The highest BCUT2D eigenvalue weighted by atomic mass is 32.1. The minimum atomic E-state index is -0.232. The number of amides is 1. The summed E-state index contributed by atoms with van der Waals surface area (Å²) in [6, 6.07) is 5.84. The first kappa shape index (κ1) is 16.4. The average Bonchev–Trinajstić information content (AvgIpc) is 3.22. The number of fused-ring (bicyclic) bond motifs is 2. The maximum atomic E-state index is 12.5. The van der Waals surface area contributed by atoms with Crippen molar-refractivity contribution in [1.29, 1.82) is 0 Å². The van der Waals surface area contributed by atoms with E-state index in [1.54, 1.807) is 23.3 Å². The molecule has 6 heteroatoms. The lowest BCUT2D eigenvalue weighted by molar-refractivity contribution is -0.120. The van der Waals surface area contributed by atoms with E-state index < -0.39 is 0 Å². The highest BCUT2D eigenvalue weighted by molar-refractivity contribution is 7.16. The van der Waals surface area contributed by atoms with Gasteiger partial charge in [0.15, 0.2) is 23.2 Å². The molecule has 0 fully saturated rings. The van der Waals surface area contributed by atoms with Gasteiger partial charge in [-0.3, -0.25) is 9.69 Å². The summed E-state index contributed by atoms with van der Waals surface area (Å²) in [6.45, 7) is 4.08. The third kappa shape index (κ3) is 3.11. The predicted octanol–water partition coefficient (Wildman–Crippen LogP) is 3.39. The lowest BCUT2D eigenvalue weighted by atomic mass is 10.0. The fraction of sp³-hybridized carbons (Fsp3) is 0.474. The molecule has 132 valence electrons. The largest absolute Gasteiger partial charge is 0.483 e. The van der Waals surface area contributed by atoms with Gasteiger partial charge in [-0.1, -0.05) is 12.1 Å². The maximum absolute atomic E-state index is 12.5. The van der Waals surface area contributed by atoms with Crippen LogP contribution in [-0.4, -0.2) is 30.1 Å². The minimum Gasteiger partial charge on any atom is -0.483 e. The topological polar surface area (TPSA) is 51.7 Å². The molecule has 4 rings (SSSR count). The second-order valence-corrected chi connectivity index (χ2v) is 8.31. The molecule has 0 bridgehead atoms. The summed E-state index contributed by atoms with van der Waals surface area (Å²) in [5.74, 6) is 1.28. The molecule has 1 aromatic carbocycles. The number of aryl methyl sites for hydroxylation is 2. The Hall–Kier alpha value is -2.08. The molecular weight excluding hydrogens is 336 g/mol. The molecule has 0 atom stereocenters. The second kappa shape index (κ2) is 6.02. The first-order valence-corrected chi connectivity index (χ1v) is 9.43. The maximum Gasteiger partial charge on any atom is 0.266 e. The minimum absolute atomic E-state index is 0.0268. The van der Waals surface area contributed by atoms with Crippen molar-refractivity contribution in [3.8, 4) is 11.5 Å². The summed E-state index contributed by atoms with van der Waals surface area (Å²) in [5.41, 5.74) is 2.04. The van der Waals surface area contributed by atoms with Gasteiger partial charge in [0, 0.05) is 23.9 Å². The Morgan fingerprint density at radius 2 is 2.24 bits per heavy atom. The van der Waals surface area contributed by atoms with Crippen LogP contribution in [0.4, 0.5) is 5.13 Å². The van der Waals surface area contributed by atoms with Crippen molar-refractivity contribution in [3.05, 3.63) is 34.3 Å². The van der Waals surface area contributed by atoms with Crippen molar-refractivity contribution in [1.82, 2.24) is 4.98 Å². The zero-order chi connectivity index (χ0) is 17.6. The van der Waals surface area contributed by atoms with Gasteiger partial charge in [0.05, 0.1) is 5.69 Å². The first-order chi connectivity index (χ1) is 11.9. The number of carbonyl (C=O) groups excluding carboxylic acids is 1. The Morgan fingerprint density at radius 1 is 1.40 bits per heavy atom. The normalized spacial score (nSPS) is 16.9. The van der Waals surface area contributed by atoms with E-state index in [1.165, 1.54) is 11.3 Å². The van der Waals surface area contributed by atoms with Crippen molar-refractivity contribution in [3.63, 3.8) is 0 Å². The van der Waals surface area contributed by atoms with Crippen LogP contribution in [0.1, 0.15) is 36.4 Å². The Bertz CT molecular complexity index is 807. The average molecular weight is 358 g/mol. The molecule has 2 heterocycles. The highest BCUT2D eigenvalue weighted by Gasteiger charge is 2.32. The lowest BCUT2D eigenvalue weighted by Crippen LogP contribution is -2.31. The molecule has 1 aliphatic carbocycles. The van der Waals surface area contributed by atoms with Crippen molar-refractivity contribution >= 4 is 22.4 Å². The molecule has 5 nitrogen and oxygen atoms in total. The zero-order valence-corrected chi connectivity index (χ0v) is 15.6. The lowest BCUT2D eigenvalue weighted by Gasteiger charge is -2.19. The predicted molar refractivity (Wildman–Crippen MR) is 97.9 cm³/mol. The number of anilines is 1. The number of ether oxygens (including phenoxy) is 2. The number of nitrogens with zero attached hydrogens (tertiary/aromatic N) is 2. The summed E-state index contributed by atoms with van der Waals surface area (Å²) >= 11 is 1.61. The Morgan fingerprint density at radius 3 is 3.04 bits per heavy atom. The molecule has 2 aromatic rings. The fourth-order valence-corrected chi connectivity index (χ4v) is 4.49. The molecular formula is C19H22N2O3S. The Balaban J connectivity index is 1.43. The van der Waals surface area contributed by atoms with Crippen LogP contribution < -0.4 is 14.4 Å². The summed E-state index contributed by atoms with van der Waals surface area (Å²) in [5, 5.41) is 0.758. The molecule has 0 saturated carbocycles. The van der Waals surface area contributed by atoms with Crippen molar-refractivity contribution in [2.24, 2.45) is 0 Å².